The van der Waals surface area contributed by atoms with Gasteiger partial charge in [0.25, 0.3) is 5.56 Å². The van der Waals surface area contributed by atoms with Gasteiger partial charge in [-0.1, -0.05) is 0 Å². The Morgan fingerprint density at radius 3 is 2.83 bits per heavy atom. The number of halogens is 1. The van der Waals surface area contributed by atoms with Crippen LogP contribution in [0.4, 0.5) is 4.39 Å². The van der Waals surface area contributed by atoms with Crippen molar-refractivity contribution in [2.45, 2.75) is 32.2 Å². The minimum atomic E-state index is -0.354. The molecule has 1 aliphatic rings. The molecular formula is C18H20FN3O2. The van der Waals surface area contributed by atoms with Crippen molar-refractivity contribution in [2.24, 2.45) is 0 Å². The van der Waals surface area contributed by atoms with Crippen LogP contribution < -0.4 is 5.56 Å². The number of benzene rings is 1. The highest BCUT2D eigenvalue weighted by atomic mass is 19.1. The van der Waals surface area contributed by atoms with Gasteiger partial charge < -0.3 is 9.88 Å². The smallest absolute Gasteiger partial charge is 0.255 e. The van der Waals surface area contributed by atoms with Crippen molar-refractivity contribution >= 4 is 5.78 Å². The summed E-state index contributed by atoms with van der Waals surface area (Å²) in [5.74, 6) is 0.250. The van der Waals surface area contributed by atoms with Crippen molar-refractivity contribution in [3.63, 3.8) is 0 Å². The summed E-state index contributed by atoms with van der Waals surface area (Å²) in [5.41, 5.74) is 2.05. The Hall–Kier alpha value is -2.34. The third-order valence-electron chi connectivity index (χ3n) is 4.29. The second-order valence-electron chi connectivity index (χ2n) is 6.21. The quantitative estimate of drug-likeness (QED) is 0.853. The van der Waals surface area contributed by atoms with Gasteiger partial charge >= 0.3 is 0 Å². The van der Waals surface area contributed by atoms with Gasteiger partial charge in [0, 0.05) is 37.9 Å². The maximum atomic E-state index is 12.9. The molecule has 5 nitrogen and oxygen atoms in total. The topological polar surface area (TPSA) is 66.1 Å². The molecule has 0 spiro atoms. The van der Waals surface area contributed by atoms with Gasteiger partial charge in [-0.05, 0) is 37.7 Å². The first-order valence-corrected chi connectivity index (χ1v) is 8.11. The number of fused-ring (bicyclic) bond motifs is 1. The highest BCUT2D eigenvalue weighted by molar-refractivity contribution is 5.95. The van der Waals surface area contributed by atoms with Crippen LogP contribution in [0.15, 0.2) is 29.1 Å². The van der Waals surface area contributed by atoms with E-state index in [1.54, 1.807) is 0 Å². The van der Waals surface area contributed by atoms with Crippen LogP contribution >= 0.6 is 0 Å². The number of carbonyl (C=O) groups excluding carboxylic acids is 1. The molecule has 0 saturated carbocycles. The molecule has 0 radical (unpaired) electrons. The molecule has 2 heterocycles. The van der Waals surface area contributed by atoms with Crippen LogP contribution in [0.25, 0.3) is 0 Å². The Balaban J connectivity index is 1.61. The van der Waals surface area contributed by atoms with Crippen molar-refractivity contribution in [2.75, 3.05) is 13.6 Å². The first-order valence-electron chi connectivity index (χ1n) is 8.11. The number of likely N-dealkylation sites (N-methyl/N-ethyl adjacent to an activating group) is 1. The van der Waals surface area contributed by atoms with Gasteiger partial charge in [-0.3, -0.25) is 9.59 Å². The molecule has 0 bridgehead atoms. The average molecular weight is 329 g/mol. The summed E-state index contributed by atoms with van der Waals surface area (Å²) < 4.78 is 12.9. The van der Waals surface area contributed by atoms with E-state index in [1.807, 2.05) is 7.05 Å². The first-order chi connectivity index (χ1) is 11.5. The number of H-pyrrole nitrogens is 1. The number of nitrogens with zero attached hydrogens (tertiary/aromatic N) is 2. The van der Waals surface area contributed by atoms with E-state index in [9.17, 15) is 14.0 Å². The lowest BCUT2D eigenvalue weighted by Crippen LogP contribution is -2.33. The number of ketones is 1. The average Bonchev–Trinajstić information content (AvgIpc) is 2.56. The molecule has 1 aromatic carbocycles. The molecule has 0 unspecified atom stereocenters. The van der Waals surface area contributed by atoms with Crippen molar-refractivity contribution in [3.05, 3.63) is 63.1 Å². The maximum absolute atomic E-state index is 12.9. The number of Topliss-reactive ketones (excluding diaryl/α,β-unsaturated/α-hetero) is 1. The summed E-state index contributed by atoms with van der Waals surface area (Å²) in [4.78, 5) is 33.7. The Bertz CT molecular complexity index is 799. The standard InChI is InChI=1S/C18H20FN3O2/c1-22-10-9-15-14(11-22)18(24)21-17(20-15)4-2-3-16(23)12-5-7-13(19)8-6-12/h5-8H,2-4,9-11H2,1H3,(H,20,21,24). The van der Waals surface area contributed by atoms with Crippen molar-refractivity contribution in [1.29, 1.82) is 0 Å². The Kier molecular flexibility index (Phi) is 4.85. The van der Waals surface area contributed by atoms with Crippen LogP contribution in [0.5, 0.6) is 0 Å². The second-order valence-corrected chi connectivity index (χ2v) is 6.21. The molecule has 3 rings (SSSR count). The molecular weight excluding hydrogens is 309 g/mol. The number of carbonyl (C=O) groups is 1. The van der Waals surface area contributed by atoms with Gasteiger partial charge in [0.15, 0.2) is 5.78 Å². The van der Waals surface area contributed by atoms with Crippen LogP contribution in [0.3, 0.4) is 0 Å². The summed E-state index contributed by atoms with van der Waals surface area (Å²) in [5, 5.41) is 0. The van der Waals surface area contributed by atoms with Gasteiger partial charge in [0.1, 0.15) is 11.6 Å². The van der Waals surface area contributed by atoms with Gasteiger partial charge in [-0.15, -0.1) is 0 Å². The van der Waals surface area contributed by atoms with Crippen molar-refractivity contribution in [3.8, 4) is 0 Å². The summed E-state index contributed by atoms with van der Waals surface area (Å²) in [6.07, 6.45) is 2.26. The molecule has 1 aliphatic heterocycles. The fourth-order valence-electron chi connectivity index (χ4n) is 2.93. The van der Waals surface area contributed by atoms with E-state index >= 15 is 0 Å². The fourth-order valence-corrected chi connectivity index (χ4v) is 2.93. The monoisotopic (exact) mass is 329 g/mol. The minimum Gasteiger partial charge on any atom is -0.310 e. The maximum Gasteiger partial charge on any atom is 0.255 e. The summed E-state index contributed by atoms with van der Waals surface area (Å²) in [7, 11) is 1.98. The molecule has 0 aliphatic carbocycles. The molecule has 0 saturated heterocycles. The molecule has 1 aromatic heterocycles. The molecule has 6 heteroatoms. The van der Waals surface area contributed by atoms with E-state index in [0.717, 1.165) is 24.2 Å². The lowest BCUT2D eigenvalue weighted by molar-refractivity contribution is 0.0980. The molecule has 1 N–H and O–H groups in total. The molecule has 24 heavy (non-hydrogen) atoms. The minimum absolute atomic E-state index is 0.0306. The number of hydrogen-bond acceptors (Lipinski definition) is 4. The third kappa shape index (κ3) is 3.76. The van der Waals surface area contributed by atoms with Crippen molar-refractivity contribution < 1.29 is 9.18 Å². The van der Waals surface area contributed by atoms with E-state index < -0.39 is 0 Å². The molecule has 2 aromatic rings. The second kappa shape index (κ2) is 7.05. The van der Waals surface area contributed by atoms with Crippen LogP contribution in [-0.2, 0) is 19.4 Å². The van der Waals surface area contributed by atoms with Crippen LogP contribution in [0.2, 0.25) is 0 Å². The normalized spacial score (nSPS) is 14.4. The highest BCUT2D eigenvalue weighted by Gasteiger charge is 2.18. The predicted molar refractivity (Wildman–Crippen MR) is 88.6 cm³/mol. The molecule has 0 fully saturated rings. The highest BCUT2D eigenvalue weighted by Crippen LogP contribution is 2.13. The van der Waals surface area contributed by atoms with E-state index in [-0.39, 0.29) is 17.2 Å². The van der Waals surface area contributed by atoms with E-state index in [0.29, 0.717) is 37.2 Å². The van der Waals surface area contributed by atoms with Crippen LogP contribution in [0.1, 0.15) is 40.3 Å². The number of aromatic amines is 1. The lowest BCUT2D eigenvalue weighted by atomic mass is 10.0. The lowest BCUT2D eigenvalue weighted by Gasteiger charge is -2.23. The number of aryl methyl sites for hydroxylation is 1. The van der Waals surface area contributed by atoms with Crippen LogP contribution in [0, 0.1) is 5.82 Å². The number of rotatable bonds is 5. The van der Waals surface area contributed by atoms with Crippen LogP contribution in [-0.4, -0.2) is 34.2 Å². The Morgan fingerprint density at radius 1 is 1.33 bits per heavy atom. The van der Waals surface area contributed by atoms with Gasteiger partial charge in [0.05, 0.1) is 11.3 Å². The predicted octanol–water partition coefficient (Wildman–Crippen LogP) is 2.10. The van der Waals surface area contributed by atoms with Gasteiger partial charge in [0.2, 0.25) is 0 Å². The zero-order valence-electron chi connectivity index (χ0n) is 13.6. The molecule has 0 atom stereocenters. The molecule has 0 amide bonds. The first kappa shape index (κ1) is 16.5. The summed E-state index contributed by atoms with van der Waals surface area (Å²) >= 11 is 0. The number of hydrogen-bond donors (Lipinski definition) is 1. The molecule has 126 valence electrons. The fraction of sp³-hybridized carbons (Fsp3) is 0.389. The third-order valence-corrected chi connectivity index (χ3v) is 4.29. The van der Waals surface area contributed by atoms with E-state index in [2.05, 4.69) is 14.9 Å². The Morgan fingerprint density at radius 2 is 2.08 bits per heavy atom. The Labute approximate surface area is 139 Å². The van der Waals surface area contributed by atoms with E-state index in [1.165, 1.54) is 24.3 Å². The zero-order chi connectivity index (χ0) is 17.1. The van der Waals surface area contributed by atoms with Gasteiger partial charge in [-0.25, -0.2) is 9.37 Å². The van der Waals surface area contributed by atoms with Gasteiger partial charge in [-0.2, -0.15) is 0 Å². The zero-order valence-corrected chi connectivity index (χ0v) is 13.6. The number of aromatic nitrogens is 2. The van der Waals surface area contributed by atoms with E-state index in [4.69, 9.17) is 0 Å². The summed E-state index contributed by atoms with van der Waals surface area (Å²) in [6, 6.07) is 5.56. The summed E-state index contributed by atoms with van der Waals surface area (Å²) in [6.45, 7) is 1.52. The number of nitrogens with one attached hydrogen (secondary N) is 1. The largest absolute Gasteiger partial charge is 0.310 e. The van der Waals surface area contributed by atoms with Crippen molar-refractivity contribution in [1.82, 2.24) is 14.9 Å². The SMILES string of the molecule is CN1CCc2nc(CCCC(=O)c3ccc(F)cc3)[nH]c(=O)c2C1.